The summed E-state index contributed by atoms with van der Waals surface area (Å²) in [5, 5.41) is 3.58. The first-order valence-corrected chi connectivity index (χ1v) is 8.72. The number of piperazine rings is 1. The Bertz CT molecular complexity index is 715. The van der Waals surface area contributed by atoms with Gasteiger partial charge in [-0.25, -0.2) is 4.39 Å². The number of amides is 1. The van der Waals surface area contributed by atoms with E-state index in [0.717, 1.165) is 37.4 Å². The molecular weight excluding hydrogens is 341 g/mol. The molecule has 25 heavy (non-hydrogen) atoms. The second-order valence-electron chi connectivity index (χ2n) is 6.11. The van der Waals surface area contributed by atoms with Crippen molar-refractivity contribution < 1.29 is 9.18 Å². The van der Waals surface area contributed by atoms with Gasteiger partial charge in [0, 0.05) is 43.4 Å². The zero-order valence-corrected chi connectivity index (χ0v) is 14.7. The maximum Gasteiger partial charge on any atom is 0.234 e. The number of rotatable bonds is 5. The number of carbonyl (C=O) groups is 1. The average Bonchev–Trinajstić information content (AvgIpc) is 2.62. The van der Waals surface area contributed by atoms with Crippen molar-refractivity contribution in [2.75, 3.05) is 37.6 Å². The minimum Gasteiger partial charge on any atom is -0.369 e. The standard InChI is InChI=1S/C19H21ClFN3O/c20-18-4-2-1-3-15(18)13-22-19(25)14-23-9-11-24(12-10-23)17-7-5-16(21)6-8-17/h1-8H,9-14H2,(H,22,25). The van der Waals surface area contributed by atoms with Crippen LogP contribution in [-0.2, 0) is 11.3 Å². The molecule has 6 heteroatoms. The number of halogens is 2. The molecule has 1 aliphatic rings. The minimum absolute atomic E-state index is 0.00449. The van der Waals surface area contributed by atoms with Crippen molar-refractivity contribution in [2.24, 2.45) is 0 Å². The third-order valence-electron chi connectivity index (χ3n) is 4.37. The molecule has 3 rings (SSSR count). The number of nitrogens with zero attached hydrogens (tertiary/aromatic N) is 2. The molecule has 0 atom stereocenters. The van der Waals surface area contributed by atoms with Gasteiger partial charge >= 0.3 is 0 Å². The third-order valence-corrected chi connectivity index (χ3v) is 4.73. The Balaban J connectivity index is 1.43. The number of carbonyl (C=O) groups excluding carboxylic acids is 1. The molecule has 0 radical (unpaired) electrons. The van der Waals surface area contributed by atoms with Gasteiger partial charge in [-0.1, -0.05) is 29.8 Å². The number of hydrogen-bond acceptors (Lipinski definition) is 3. The van der Waals surface area contributed by atoms with Gasteiger partial charge in [0.25, 0.3) is 0 Å². The number of nitrogens with one attached hydrogen (secondary N) is 1. The highest BCUT2D eigenvalue weighted by atomic mass is 35.5. The van der Waals surface area contributed by atoms with Crippen molar-refractivity contribution in [1.82, 2.24) is 10.2 Å². The number of benzene rings is 2. The molecule has 2 aromatic rings. The van der Waals surface area contributed by atoms with Crippen molar-refractivity contribution in [2.45, 2.75) is 6.54 Å². The molecule has 1 aliphatic heterocycles. The van der Waals surface area contributed by atoms with Crippen LogP contribution in [0.5, 0.6) is 0 Å². The zero-order chi connectivity index (χ0) is 17.6. The summed E-state index contributed by atoms with van der Waals surface area (Å²) >= 11 is 6.09. The molecule has 1 amide bonds. The van der Waals surface area contributed by atoms with Crippen LogP contribution in [0, 0.1) is 5.82 Å². The van der Waals surface area contributed by atoms with Crippen molar-refractivity contribution in [3.8, 4) is 0 Å². The van der Waals surface area contributed by atoms with Crippen LogP contribution in [0.4, 0.5) is 10.1 Å². The van der Waals surface area contributed by atoms with Crippen molar-refractivity contribution in [3.05, 3.63) is 64.9 Å². The van der Waals surface area contributed by atoms with Crippen LogP contribution in [0.3, 0.4) is 0 Å². The lowest BCUT2D eigenvalue weighted by molar-refractivity contribution is -0.122. The van der Waals surface area contributed by atoms with Crippen LogP contribution in [0.2, 0.25) is 5.02 Å². The van der Waals surface area contributed by atoms with Crippen LogP contribution in [0.1, 0.15) is 5.56 Å². The molecule has 2 aromatic carbocycles. The van der Waals surface area contributed by atoms with Crippen molar-refractivity contribution in [1.29, 1.82) is 0 Å². The van der Waals surface area contributed by atoms with Gasteiger partial charge in [0.1, 0.15) is 5.82 Å². The van der Waals surface area contributed by atoms with E-state index in [9.17, 15) is 9.18 Å². The maximum atomic E-state index is 13.0. The Hall–Kier alpha value is -2.11. The molecule has 0 saturated carbocycles. The van der Waals surface area contributed by atoms with Gasteiger partial charge in [-0.2, -0.15) is 0 Å². The summed E-state index contributed by atoms with van der Waals surface area (Å²) in [5.74, 6) is -0.229. The lowest BCUT2D eigenvalue weighted by Crippen LogP contribution is -2.49. The van der Waals surface area contributed by atoms with Crippen LogP contribution in [0.15, 0.2) is 48.5 Å². The van der Waals surface area contributed by atoms with E-state index in [4.69, 9.17) is 11.6 Å². The topological polar surface area (TPSA) is 35.6 Å². The monoisotopic (exact) mass is 361 g/mol. The Morgan fingerprint density at radius 1 is 1.04 bits per heavy atom. The van der Waals surface area contributed by atoms with Gasteiger partial charge in [-0.3, -0.25) is 9.69 Å². The molecule has 0 aliphatic carbocycles. The molecule has 0 spiro atoms. The van der Waals surface area contributed by atoms with E-state index in [1.165, 1.54) is 12.1 Å². The summed E-state index contributed by atoms with van der Waals surface area (Å²) in [6, 6.07) is 14.0. The first kappa shape index (κ1) is 17.7. The average molecular weight is 362 g/mol. The highest BCUT2D eigenvalue weighted by Crippen LogP contribution is 2.17. The van der Waals surface area contributed by atoms with E-state index in [-0.39, 0.29) is 11.7 Å². The fourth-order valence-electron chi connectivity index (χ4n) is 2.91. The normalized spacial score (nSPS) is 15.2. The molecule has 1 heterocycles. The molecule has 0 aromatic heterocycles. The molecule has 4 nitrogen and oxygen atoms in total. The lowest BCUT2D eigenvalue weighted by Gasteiger charge is -2.35. The highest BCUT2D eigenvalue weighted by molar-refractivity contribution is 6.31. The largest absolute Gasteiger partial charge is 0.369 e. The second kappa shape index (κ2) is 8.32. The quantitative estimate of drug-likeness (QED) is 0.889. The number of anilines is 1. The minimum atomic E-state index is -0.224. The second-order valence-corrected chi connectivity index (χ2v) is 6.51. The molecule has 0 bridgehead atoms. The van der Waals surface area contributed by atoms with Gasteiger partial charge in [0.05, 0.1) is 6.54 Å². The van der Waals surface area contributed by atoms with E-state index in [2.05, 4.69) is 15.1 Å². The number of hydrogen-bond donors (Lipinski definition) is 1. The lowest BCUT2D eigenvalue weighted by atomic mass is 10.2. The van der Waals surface area contributed by atoms with Crippen molar-refractivity contribution in [3.63, 3.8) is 0 Å². The maximum absolute atomic E-state index is 13.0. The van der Waals surface area contributed by atoms with Gasteiger partial charge in [-0.15, -0.1) is 0 Å². The van der Waals surface area contributed by atoms with E-state index in [1.807, 2.05) is 24.3 Å². The predicted molar refractivity (Wildman–Crippen MR) is 98.4 cm³/mol. The van der Waals surface area contributed by atoms with Crippen LogP contribution >= 0.6 is 11.6 Å². The fourth-order valence-corrected chi connectivity index (χ4v) is 3.11. The summed E-state index contributed by atoms with van der Waals surface area (Å²) in [7, 11) is 0. The predicted octanol–water partition coefficient (Wildman–Crippen LogP) is 2.92. The first-order chi connectivity index (χ1) is 12.1. The van der Waals surface area contributed by atoms with Gasteiger partial charge in [-0.05, 0) is 35.9 Å². The molecule has 132 valence electrons. The van der Waals surface area contributed by atoms with E-state index < -0.39 is 0 Å². The van der Waals surface area contributed by atoms with Gasteiger partial charge < -0.3 is 10.2 Å². The Morgan fingerprint density at radius 2 is 1.72 bits per heavy atom. The van der Waals surface area contributed by atoms with Gasteiger partial charge in [0.15, 0.2) is 0 Å². The van der Waals surface area contributed by atoms with E-state index in [1.54, 1.807) is 12.1 Å². The smallest absolute Gasteiger partial charge is 0.234 e. The molecule has 0 unspecified atom stereocenters. The zero-order valence-electron chi connectivity index (χ0n) is 13.9. The van der Waals surface area contributed by atoms with Crippen LogP contribution in [0.25, 0.3) is 0 Å². The molecule has 1 saturated heterocycles. The third kappa shape index (κ3) is 4.94. The summed E-state index contributed by atoms with van der Waals surface area (Å²) in [4.78, 5) is 16.5. The molecular formula is C19H21ClFN3O. The summed E-state index contributed by atoms with van der Waals surface area (Å²) in [5.41, 5.74) is 1.93. The summed E-state index contributed by atoms with van der Waals surface area (Å²) in [6.07, 6.45) is 0. The first-order valence-electron chi connectivity index (χ1n) is 8.35. The Labute approximate surface area is 152 Å². The van der Waals surface area contributed by atoms with Crippen molar-refractivity contribution >= 4 is 23.2 Å². The molecule has 1 N–H and O–H groups in total. The Morgan fingerprint density at radius 3 is 2.40 bits per heavy atom. The molecule has 1 fully saturated rings. The van der Waals surface area contributed by atoms with Crippen LogP contribution in [-0.4, -0.2) is 43.5 Å². The fraction of sp³-hybridized carbons (Fsp3) is 0.316. The highest BCUT2D eigenvalue weighted by Gasteiger charge is 2.19. The SMILES string of the molecule is O=C(CN1CCN(c2ccc(F)cc2)CC1)NCc1ccccc1Cl. The van der Waals surface area contributed by atoms with Crippen LogP contribution < -0.4 is 10.2 Å². The van der Waals surface area contributed by atoms with E-state index in [0.29, 0.717) is 18.1 Å². The summed E-state index contributed by atoms with van der Waals surface area (Å²) in [6.45, 7) is 4.07. The van der Waals surface area contributed by atoms with Gasteiger partial charge in [0.2, 0.25) is 5.91 Å². The Kier molecular flexibility index (Phi) is 5.89. The summed E-state index contributed by atoms with van der Waals surface area (Å²) < 4.78 is 13.0. The van der Waals surface area contributed by atoms with E-state index >= 15 is 0 Å².